The molecule has 204 valence electrons. The standard InChI is InChI=1S/C29H30ClF2N5O2/c1-29(12-26(38)39)15-37(25-11-23(32)22(31)10-20(25)29)27-21(30)13-33-28(35-27)34-24-9-19-14-36(2)6-5-17(19)8-18(24)7-16-3-4-16/h8-11,13,16H,3-7,12,14-15H2,1-2H3,(H,38,39)(H,33,34,35). The van der Waals surface area contributed by atoms with Gasteiger partial charge in [-0.15, -0.1) is 0 Å². The molecule has 1 fully saturated rings. The van der Waals surface area contributed by atoms with Gasteiger partial charge in [-0.3, -0.25) is 4.79 Å². The van der Waals surface area contributed by atoms with Crippen molar-refractivity contribution in [2.24, 2.45) is 5.92 Å². The Balaban J connectivity index is 1.38. The number of aromatic nitrogens is 2. The smallest absolute Gasteiger partial charge is 0.304 e. The maximum Gasteiger partial charge on any atom is 0.304 e. The minimum atomic E-state index is -1.03. The van der Waals surface area contributed by atoms with Crippen molar-refractivity contribution in [3.63, 3.8) is 0 Å². The fourth-order valence-electron chi connectivity index (χ4n) is 5.88. The highest BCUT2D eigenvalue weighted by Gasteiger charge is 2.43. The van der Waals surface area contributed by atoms with Crippen LogP contribution < -0.4 is 10.2 Å². The molecular weight excluding hydrogens is 524 g/mol. The fraction of sp³-hybridized carbons (Fsp3) is 0.414. The lowest BCUT2D eigenvalue weighted by Gasteiger charge is -2.27. The van der Waals surface area contributed by atoms with Crippen LogP contribution in [0.3, 0.4) is 0 Å². The highest BCUT2D eigenvalue weighted by Crippen LogP contribution is 2.48. The Morgan fingerprint density at radius 3 is 2.72 bits per heavy atom. The van der Waals surface area contributed by atoms with E-state index in [1.165, 1.54) is 35.7 Å². The Hall–Kier alpha value is -3.30. The largest absolute Gasteiger partial charge is 0.481 e. The van der Waals surface area contributed by atoms with Crippen molar-refractivity contribution >= 4 is 40.7 Å². The molecule has 0 radical (unpaired) electrons. The van der Waals surface area contributed by atoms with Crippen molar-refractivity contribution in [1.29, 1.82) is 0 Å². The number of nitrogens with one attached hydrogen (secondary N) is 1. The van der Waals surface area contributed by atoms with E-state index in [-0.39, 0.29) is 18.0 Å². The number of halogens is 3. The molecule has 2 N–H and O–H groups in total. The molecule has 0 spiro atoms. The van der Waals surface area contributed by atoms with E-state index in [4.69, 9.17) is 16.6 Å². The van der Waals surface area contributed by atoms with Gasteiger partial charge in [0, 0.05) is 42.5 Å². The van der Waals surface area contributed by atoms with E-state index in [0.717, 1.165) is 43.8 Å². The first-order valence-corrected chi connectivity index (χ1v) is 13.6. The lowest BCUT2D eigenvalue weighted by Crippen LogP contribution is -2.31. The molecule has 1 unspecified atom stereocenters. The van der Waals surface area contributed by atoms with Crippen LogP contribution in [0.1, 0.15) is 48.4 Å². The van der Waals surface area contributed by atoms with Crippen LogP contribution in [0.5, 0.6) is 0 Å². The van der Waals surface area contributed by atoms with Crippen LogP contribution in [0.2, 0.25) is 5.02 Å². The van der Waals surface area contributed by atoms with Gasteiger partial charge < -0.3 is 20.2 Å². The molecule has 10 heteroatoms. The van der Waals surface area contributed by atoms with E-state index >= 15 is 0 Å². The van der Waals surface area contributed by atoms with Gasteiger partial charge in [0.25, 0.3) is 0 Å². The van der Waals surface area contributed by atoms with Gasteiger partial charge in [0.05, 0.1) is 12.6 Å². The average Bonchev–Trinajstić information content (AvgIpc) is 3.65. The van der Waals surface area contributed by atoms with Gasteiger partial charge in [-0.2, -0.15) is 4.98 Å². The van der Waals surface area contributed by atoms with E-state index in [0.29, 0.717) is 28.9 Å². The first kappa shape index (κ1) is 26.0. The Kier molecular flexibility index (Phi) is 6.46. The normalized spacial score (nSPS) is 20.6. The minimum Gasteiger partial charge on any atom is -0.481 e. The number of likely N-dealkylation sites (N-methyl/N-ethyl adjacent to an activating group) is 1. The predicted molar refractivity (Wildman–Crippen MR) is 146 cm³/mol. The van der Waals surface area contributed by atoms with Gasteiger partial charge in [0.15, 0.2) is 17.5 Å². The van der Waals surface area contributed by atoms with E-state index in [9.17, 15) is 18.7 Å². The molecule has 3 aromatic rings. The van der Waals surface area contributed by atoms with Crippen molar-refractivity contribution in [2.45, 2.75) is 51.0 Å². The molecule has 0 bridgehead atoms. The molecule has 7 nitrogen and oxygen atoms in total. The number of rotatable bonds is 7. The van der Waals surface area contributed by atoms with Crippen LogP contribution in [-0.2, 0) is 29.6 Å². The van der Waals surface area contributed by atoms with E-state index in [2.05, 4.69) is 34.4 Å². The van der Waals surface area contributed by atoms with Crippen molar-refractivity contribution in [3.05, 3.63) is 69.4 Å². The molecule has 3 heterocycles. The van der Waals surface area contributed by atoms with Crippen molar-refractivity contribution in [2.75, 3.05) is 30.4 Å². The zero-order valence-electron chi connectivity index (χ0n) is 21.9. The molecule has 3 aliphatic rings. The lowest BCUT2D eigenvalue weighted by atomic mass is 9.81. The van der Waals surface area contributed by atoms with E-state index < -0.39 is 23.0 Å². The summed E-state index contributed by atoms with van der Waals surface area (Å²) in [6.45, 7) is 3.77. The highest BCUT2D eigenvalue weighted by atomic mass is 35.5. The summed E-state index contributed by atoms with van der Waals surface area (Å²) in [5, 5.41) is 13.2. The quantitative estimate of drug-likeness (QED) is 0.373. The van der Waals surface area contributed by atoms with Gasteiger partial charge in [0.2, 0.25) is 5.95 Å². The first-order chi connectivity index (χ1) is 18.6. The molecule has 0 saturated heterocycles. The number of aliphatic carboxylic acids is 1. The molecular formula is C29H30ClF2N5O2. The van der Waals surface area contributed by atoms with Crippen molar-refractivity contribution in [3.8, 4) is 0 Å². The van der Waals surface area contributed by atoms with Gasteiger partial charge in [-0.25, -0.2) is 13.8 Å². The molecule has 2 aliphatic heterocycles. The fourth-order valence-corrected chi connectivity index (χ4v) is 6.08. The summed E-state index contributed by atoms with van der Waals surface area (Å²) in [6.07, 6.45) is 5.70. The second-order valence-electron chi connectivity index (χ2n) is 11.4. The number of nitrogens with zero attached hydrogens (tertiary/aromatic N) is 4. The number of carboxylic acid groups (broad SMARTS) is 1. The molecule has 1 atom stereocenters. The highest BCUT2D eigenvalue weighted by molar-refractivity contribution is 6.33. The van der Waals surface area contributed by atoms with Crippen molar-refractivity contribution < 1.29 is 18.7 Å². The topological polar surface area (TPSA) is 81.6 Å². The summed E-state index contributed by atoms with van der Waals surface area (Å²) in [5.74, 6) is -1.76. The Labute approximate surface area is 230 Å². The van der Waals surface area contributed by atoms with Gasteiger partial charge in [-0.05, 0) is 73.0 Å². The van der Waals surface area contributed by atoms with Gasteiger partial charge in [-0.1, -0.05) is 24.6 Å². The first-order valence-electron chi connectivity index (χ1n) is 13.2. The van der Waals surface area contributed by atoms with Crippen molar-refractivity contribution in [1.82, 2.24) is 14.9 Å². The molecule has 1 aromatic heterocycles. The molecule has 0 amide bonds. The van der Waals surface area contributed by atoms with Crippen LogP contribution >= 0.6 is 11.6 Å². The number of fused-ring (bicyclic) bond motifs is 2. The predicted octanol–water partition coefficient (Wildman–Crippen LogP) is 5.98. The summed E-state index contributed by atoms with van der Waals surface area (Å²) in [7, 11) is 2.11. The number of carbonyl (C=O) groups is 1. The van der Waals surface area contributed by atoms with E-state index in [1.807, 2.05) is 0 Å². The number of hydrogen-bond acceptors (Lipinski definition) is 6. The van der Waals surface area contributed by atoms with Gasteiger partial charge in [0.1, 0.15) is 5.02 Å². The van der Waals surface area contributed by atoms with E-state index in [1.54, 1.807) is 11.8 Å². The number of anilines is 4. The third kappa shape index (κ3) is 5.05. The molecule has 2 aromatic carbocycles. The van der Waals surface area contributed by atoms with Crippen LogP contribution in [0.15, 0.2) is 30.5 Å². The number of benzene rings is 2. The zero-order valence-corrected chi connectivity index (χ0v) is 22.7. The second kappa shape index (κ2) is 9.71. The Morgan fingerprint density at radius 1 is 1.21 bits per heavy atom. The van der Waals surface area contributed by atoms with Crippen LogP contribution in [0, 0.1) is 17.6 Å². The second-order valence-corrected chi connectivity index (χ2v) is 11.8. The summed E-state index contributed by atoms with van der Waals surface area (Å²) in [4.78, 5) is 24.8. The maximum absolute atomic E-state index is 14.4. The SMILES string of the molecule is CN1CCc2cc(CC3CC3)c(Nc3ncc(Cl)c(N4CC(C)(CC(=O)O)c5cc(F)c(F)cc54)n3)cc2C1. The van der Waals surface area contributed by atoms with Gasteiger partial charge >= 0.3 is 5.97 Å². The monoisotopic (exact) mass is 553 g/mol. The molecule has 39 heavy (non-hydrogen) atoms. The summed E-state index contributed by atoms with van der Waals surface area (Å²) in [5.41, 5.74) is 4.62. The summed E-state index contributed by atoms with van der Waals surface area (Å²) < 4.78 is 28.6. The zero-order chi connectivity index (χ0) is 27.5. The summed E-state index contributed by atoms with van der Waals surface area (Å²) in [6, 6.07) is 6.66. The number of hydrogen-bond donors (Lipinski definition) is 2. The maximum atomic E-state index is 14.4. The summed E-state index contributed by atoms with van der Waals surface area (Å²) >= 11 is 6.55. The van der Waals surface area contributed by atoms with Crippen LogP contribution in [0.25, 0.3) is 0 Å². The molecule has 1 saturated carbocycles. The lowest BCUT2D eigenvalue weighted by molar-refractivity contribution is -0.138. The Morgan fingerprint density at radius 2 is 1.97 bits per heavy atom. The van der Waals surface area contributed by atoms with Crippen LogP contribution in [-0.4, -0.2) is 46.1 Å². The minimum absolute atomic E-state index is 0.145. The Bertz CT molecular complexity index is 1480. The average molecular weight is 554 g/mol. The van der Waals surface area contributed by atoms with Crippen LogP contribution in [0.4, 0.5) is 31.9 Å². The third-order valence-corrected chi connectivity index (χ3v) is 8.36. The molecule has 6 rings (SSSR count). The molecule has 1 aliphatic carbocycles. The third-order valence-electron chi connectivity index (χ3n) is 8.09. The number of carboxylic acids is 1.